The van der Waals surface area contributed by atoms with Gasteiger partial charge in [0.2, 0.25) is 0 Å². The van der Waals surface area contributed by atoms with Crippen LogP contribution in [0.15, 0.2) is 127 Å². The lowest BCUT2D eigenvalue weighted by Crippen LogP contribution is -3.06. The molecule has 0 bridgehead atoms. The molecule has 0 aromatic heterocycles. The Kier molecular flexibility index (Phi) is 8.73. The Bertz CT molecular complexity index is 1640. The first-order valence-electron chi connectivity index (χ1n) is 16.4. The summed E-state index contributed by atoms with van der Waals surface area (Å²) in [5.74, 6) is 1.33. The molecule has 224 valence electrons. The standard InChI is InChI=1S/C42H46N2/c1-29(2)35-26-37(30(3)4)42(38(27-35)31(5)6)44-28-43(39-25-17-16-24-36(39)32-18-10-7-11-19-32)40(33-20-12-8-13-21-33)41(44)34-22-14-9-15-23-34/h7-27,29-31,40-41H,28H2,1-6H3/p+1/t40-,41-/m0/s1. The first-order valence-corrected chi connectivity index (χ1v) is 16.4. The Morgan fingerprint density at radius 1 is 0.568 bits per heavy atom. The van der Waals surface area contributed by atoms with E-state index in [4.69, 9.17) is 0 Å². The van der Waals surface area contributed by atoms with Crippen LogP contribution in [0.25, 0.3) is 11.1 Å². The third-order valence-corrected chi connectivity index (χ3v) is 9.42. The van der Waals surface area contributed by atoms with Gasteiger partial charge in [-0.25, -0.2) is 0 Å². The molecular formula is C42H47N2+. The van der Waals surface area contributed by atoms with Gasteiger partial charge >= 0.3 is 0 Å². The molecular weight excluding hydrogens is 532 g/mol. The van der Waals surface area contributed by atoms with E-state index in [2.05, 4.69) is 174 Å². The Morgan fingerprint density at radius 3 is 1.61 bits per heavy atom. The van der Waals surface area contributed by atoms with Gasteiger partial charge in [-0.1, -0.05) is 151 Å². The lowest BCUT2D eigenvalue weighted by atomic mass is 9.85. The maximum atomic E-state index is 2.70. The molecule has 5 aromatic carbocycles. The minimum atomic E-state index is 0.156. The van der Waals surface area contributed by atoms with Crippen LogP contribution in [0.1, 0.15) is 99.2 Å². The van der Waals surface area contributed by atoms with Crippen molar-refractivity contribution < 1.29 is 4.90 Å². The highest BCUT2D eigenvalue weighted by Gasteiger charge is 2.48. The molecule has 1 saturated heterocycles. The number of nitrogens with one attached hydrogen (secondary N) is 1. The zero-order valence-corrected chi connectivity index (χ0v) is 27.2. The summed E-state index contributed by atoms with van der Waals surface area (Å²) >= 11 is 0. The molecule has 1 aliphatic rings. The van der Waals surface area contributed by atoms with E-state index in [1.54, 1.807) is 0 Å². The van der Waals surface area contributed by atoms with E-state index in [1.165, 1.54) is 55.2 Å². The van der Waals surface area contributed by atoms with Gasteiger partial charge in [-0.2, -0.15) is 0 Å². The molecule has 0 amide bonds. The van der Waals surface area contributed by atoms with E-state index in [0.717, 1.165) is 6.67 Å². The zero-order chi connectivity index (χ0) is 30.8. The normalized spacial score (nSPS) is 18.5. The number of rotatable bonds is 8. The second-order valence-electron chi connectivity index (χ2n) is 13.3. The predicted molar refractivity (Wildman–Crippen MR) is 187 cm³/mol. The van der Waals surface area contributed by atoms with Gasteiger partial charge in [0, 0.05) is 27.9 Å². The molecule has 5 aromatic rings. The van der Waals surface area contributed by atoms with Crippen molar-refractivity contribution in [2.75, 3.05) is 11.6 Å². The topological polar surface area (TPSA) is 7.68 Å². The third kappa shape index (κ3) is 5.72. The van der Waals surface area contributed by atoms with Crippen molar-refractivity contribution in [1.82, 2.24) is 0 Å². The summed E-state index contributed by atoms with van der Waals surface area (Å²) in [4.78, 5) is 4.24. The largest absolute Gasteiger partial charge is 0.311 e. The molecule has 0 saturated carbocycles. The quantitative estimate of drug-likeness (QED) is 0.192. The van der Waals surface area contributed by atoms with Crippen LogP contribution in [0.5, 0.6) is 0 Å². The fourth-order valence-electron chi connectivity index (χ4n) is 7.20. The van der Waals surface area contributed by atoms with Gasteiger partial charge in [0.25, 0.3) is 0 Å². The molecule has 6 rings (SSSR count). The average molecular weight is 580 g/mol. The lowest BCUT2D eigenvalue weighted by Gasteiger charge is -2.30. The molecule has 1 aliphatic heterocycles. The fourth-order valence-corrected chi connectivity index (χ4v) is 7.20. The van der Waals surface area contributed by atoms with Crippen molar-refractivity contribution in [2.24, 2.45) is 0 Å². The van der Waals surface area contributed by atoms with Crippen LogP contribution in [0.2, 0.25) is 0 Å². The van der Waals surface area contributed by atoms with Crippen LogP contribution in [0, 0.1) is 0 Å². The van der Waals surface area contributed by atoms with Gasteiger partial charge in [0.15, 0.2) is 6.67 Å². The molecule has 2 heteroatoms. The molecule has 1 fully saturated rings. The van der Waals surface area contributed by atoms with Crippen LogP contribution < -0.4 is 9.80 Å². The second-order valence-corrected chi connectivity index (χ2v) is 13.3. The number of quaternary nitrogens is 1. The third-order valence-electron chi connectivity index (χ3n) is 9.42. The summed E-state index contributed by atoms with van der Waals surface area (Å²) in [6.07, 6.45) is 0. The maximum Gasteiger partial charge on any atom is 0.158 e. The van der Waals surface area contributed by atoms with Gasteiger partial charge in [-0.05, 0) is 52.6 Å². The predicted octanol–water partition coefficient (Wildman–Crippen LogP) is 10.2. The van der Waals surface area contributed by atoms with Crippen molar-refractivity contribution in [2.45, 2.75) is 71.4 Å². The zero-order valence-electron chi connectivity index (χ0n) is 27.2. The first-order chi connectivity index (χ1) is 21.3. The van der Waals surface area contributed by atoms with Gasteiger partial charge in [0.05, 0.1) is 0 Å². The van der Waals surface area contributed by atoms with Crippen LogP contribution in [0.4, 0.5) is 11.4 Å². The van der Waals surface area contributed by atoms with Crippen molar-refractivity contribution in [1.29, 1.82) is 0 Å². The molecule has 44 heavy (non-hydrogen) atoms. The monoisotopic (exact) mass is 579 g/mol. The average Bonchev–Trinajstić information content (AvgIpc) is 3.45. The van der Waals surface area contributed by atoms with Crippen molar-refractivity contribution in [3.63, 3.8) is 0 Å². The van der Waals surface area contributed by atoms with Crippen LogP contribution in [-0.2, 0) is 0 Å². The molecule has 0 aliphatic carbocycles. The number of para-hydroxylation sites is 1. The highest BCUT2D eigenvalue weighted by Crippen LogP contribution is 2.45. The molecule has 3 atom stereocenters. The SMILES string of the molecule is CC(C)c1cc(C(C)C)c([NH+]2CN(c3ccccc3-c3ccccc3)[C@@H](c3ccccc3)[C@@H]2c2ccccc2)c(C(C)C)c1. The van der Waals surface area contributed by atoms with Crippen molar-refractivity contribution in [3.05, 3.63) is 155 Å². The van der Waals surface area contributed by atoms with E-state index < -0.39 is 0 Å². The molecule has 0 spiro atoms. The summed E-state index contributed by atoms with van der Waals surface area (Å²) in [6, 6.07) is 47.8. The van der Waals surface area contributed by atoms with Crippen LogP contribution >= 0.6 is 0 Å². The van der Waals surface area contributed by atoms with Crippen molar-refractivity contribution >= 4 is 11.4 Å². The van der Waals surface area contributed by atoms with Crippen LogP contribution in [-0.4, -0.2) is 6.67 Å². The summed E-state index contributed by atoms with van der Waals surface area (Å²) in [5.41, 5.74) is 12.5. The van der Waals surface area contributed by atoms with Gasteiger partial charge in [-0.15, -0.1) is 0 Å². The highest BCUT2D eigenvalue weighted by atomic mass is 15.4. The van der Waals surface area contributed by atoms with Crippen LogP contribution in [0.3, 0.4) is 0 Å². The summed E-state index contributed by atoms with van der Waals surface area (Å²) in [5, 5.41) is 0. The van der Waals surface area contributed by atoms with E-state index in [0.29, 0.717) is 17.8 Å². The molecule has 1 heterocycles. The first kappa shape index (κ1) is 29.9. The number of hydrogen-bond acceptors (Lipinski definition) is 1. The smallest absolute Gasteiger partial charge is 0.158 e. The van der Waals surface area contributed by atoms with E-state index in [-0.39, 0.29) is 12.1 Å². The molecule has 2 nitrogen and oxygen atoms in total. The van der Waals surface area contributed by atoms with Gasteiger partial charge in [0.1, 0.15) is 17.8 Å². The molecule has 0 radical (unpaired) electrons. The summed E-state index contributed by atoms with van der Waals surface area (Å²) < 4.78 is 0. The van der Waals surface area contributed by atoms with Gasteiger partial charge < -0.3 is 4.90 Å². The Balaban J connectivity index is 1.64. The maximum absolute atomic E-state index is 2.70. The minimum Gasteiger partial charge on any atom is -0.311 e. The van der Waals surface area contributed by atoms with Gasteiger partial charge in [-0.3, -0.25) is 4.90 Å². The summed E-state index contributed by atoms with van der Waals surface area (Å²) in [6.45, 7) is 15.0. The number of benzene rings is 5. The Morgan fingerprint density at radius 2 is 1.07 bits per heavy atom. The fraction of sp³-hybridized carbons (Fsp3) is 0.286. The molecule has 1 N–H and O–H groups in total. The van der Waals surface area contributed by atoms with Crippen molar-refractivity contribution in [3.8, 4) is 11.1 Å². The summed E-state index contributed by atoms with van der Waals surface area (Å²) in [7, 11) is 0. The Labute approximate surface area is 265 Å². The lowest BCUT2D eigenvalue weighted by molar-refractivity contribution is -0.853. The minimum absolute atomic E-state index is 0.156. The highest BCUT2D eigenvalue weighted by molar-refractivity contribution is 5.79. The van der Waals surface area contributed by atoms with E-state index in [1.807, 2.05) is 0 Å². The number of anilines is 1. The van der Waals surface area contributed by atoms with E-state index in [9.17, 15) is 0 Å². The number of hydrogen-bond donors (Lipinski definition) is 1. The number of nitrogens with zero attached hydrogens (tertiary/aromatic N) is 1. The molecule has 1 unspecified atom stereocenters. The second kappa shape index (κ2) is 12.8. The van der Waals surface area contributed by atoms with E-state index >= 15 is 0 Å². The Hall–Kier alpha value is -4.14.